The van der Waals surface area contributed by atoms with E-state index in [2.05, 4.69) is 11.8 Å². The third kappa shape index (κ3) is 2.81. The standard InChI is InChI=1S/C11H14N2/c1-9-5-6-11(13)8-10(9)4-2-3-7-12/h5-6,8H,3,7,12-13H2,1H3. The van der Waals surface area contributed by atoms with Crippen LogP contribution in [0.1, 0.15) is 17.5 Å². The van der Waals surface area contributed by atoms with E-state index in [0.717, 1.165) is 23.2 Å². The van der Waals surface area contributed by atoms with Crippen molar-refractivity contribution in [2.45, 2.75) is 13.3 Å². The number of aryl methyl sites for hydroxylation is 1. The Kier molecular flexibility index (Phi) is 3.36. The number of anilines is 1. The van der Waals surface area contributed by atoms with Crippen molar-refractivity contribution in [2.24, 2.45) is 5.73 Å². The van der Waals surface area contributed by atoms with Crippen LogP contribution in [-0.2, 0) is 0 Å². The molecule has 2 nitrogen and oxygen atoms in total. The fourth-order valence-electron chi connectivity index (χ4n) is 1.00. The topological polar surface area (TPSA) is 52.0 Å². The molecular weight excluding hydrogens is 160 g/mol. The minimum atomic E-state index is 0.606. The fraction of sp³-hybridized carbons (Fsp3) is 0.273. The molecule has 1 aromatic rings. The summed E-state index contributed by atoms with van der Waals surface area (Å²) < 4.78 is 0. The van der Waals surface area contributed by atoms with Gasteiger partial charge in [-0.1, -0.05) is 17.9 Å². The van der Waals surface area contributed by atoms with Crippen LogP contribution in [0.25, 0.3) is 0 Å². The maximum Gasteiger partial charge on any atom is 0.0326 e. The molecule has 4 N–H and O–H groups in total. The highest BCUT2D eigenvalue weighted by Gasteiger charge is 1.93. The predicted molar refractivity (Wildman–Crippen MR) is 56.1 cm³/mol. The lowest BCUT2D eigenvalue weighted by Gasteiger charge is -1.98. The van der Waals surface area contributed by atoms with E-state index in [9.17, 15) is 0 Å². The minimum Gasteiger partial charge on any atom is -0.399 e. The zero-order valence-corrected chi connectivity index (χ0v) is 7.80. The van der Waals surface area contributed by atoms with Gasteiger partial charge in [-0.2, -0.15) is 0 Å². The van der Waals surface area contributed by atoms with Crippen LogP contribution in [0.2, 0.25) is 0 Å². The first-order valence-electron chi connectivity index (χ1n) is 4.29. The van der Waals surface area contributed by atoms with Crippen LogP contribution in [0.4, 0.5) is 5.69 Å². The van der Waals surface area contributed by atoms with Gasteiger partial charge in [-0.25, -0.2) is 0 Å². The molecule has 0 bridgehead atoms. The van der Waals surface area contributed by atoms with Crippen molar-refractivity contribution in [2.75, 3.05) is 12.3 Å². The SMILES string of the molecule is Cc1ccc(N)cc1C#CCCN. The van der Waals surface area contributed by atoms with Gasteiger partial charge in [0.25, 0.3) is 0 Å². The molecule has 0 fully saturated rings. The van der Waals surface area contributed by atoms with Gasteiger partial charge in [0.15, 0.2) is 0 Å². The third-order valence-corrected chi connectivity index (χ3v) is 1.75. The summed E-state index contributed by atoms with van der Waals surface area (Å²) in [5, 5.41) is 0. The molecule has 0 saturated carbocycles. The number of nitrogen functional groups attached to an aromatic ring is 1. The van der Waals surface area contributed by atoms with Crippen LogP contribution in [0.5, 0.6) is 0 Å². The first-order valence-corrected chi connectivity index (χ1v) is 4.29. The lowest BCUT2D eigenvalue weighted by molar-refractivity contribution is 1.03. The summed E-state index contributed by atoms with van der Waals surface area (Å²) in [5.74, 6) is 6.03. The molecule has 2 heteroatoms. The van der Waals surface area contributed by atoms with Gasteiger partial charge in [-0.05, 0) is 24.6 Å². The number of nitrogens with two attached hydrogens (primary N) is 2. The Balaban J connectivity index is 2.89. The molecule has 0 aromatic heterocycles. The number of hydrogen-bond donors (Lipinski definition) is 2. The van der Waals surface area contributed by atoms with Gasteiger partial charge >= 0.3 is 0 Å². The highest BCUT2D eigenvalue weighted by molar-refractivity contribution is 5.51. The lowest BCUT2D eigenvalue weighted by atomic mass is 10.1. The molecule has 68 valence electrons. The van der Waals surface area contributed by atoms with Crippen LogP contribution in [0.15, 0.2) is 18.2 Å². The number of benzene rings is 1. The predicted octanol–water partition coefficient (Wildman–Crippen LogP) is 1.28. The molecule has 0 aliphatic heterocycles. The Morgan fingerprint density at radius 1 is 1.38 bits per heavy atom. The van der Waals surface area contributed by atoms with E-state index < -0.39 is 0 Å². The Bertz CT molecular complexity index is 345. The van der Waals surface area contributed by atoms with Gasteiger partial charge in [-0.3, -0.25) is 0 Å². The van der Waals surface area contributed by atoms with Crippen molar-refractivity contribution in [1.82, 2.24) is 0 Å². The second kappa shape index (κ2) is 4.54. The first-order chi connectivity index (χ1) is 6.24. The average Bonchev–Trinajstić information content (AvgIpc) is 2.11. The van der Waals surface area contributed by atoms with E-state index in [0.29, 0.717) is 6.54 Å². The van der Waals surface area contributed by atoms with Gasteiger partial charge in [0, 0.05) is 24.2 Å². The van der Waals surface area contributed by atoms with Crippen molar-refractivity contribution in [1.29, 1.82) is 0 Å². The molecule has 0 unspecified atom stereocenters. The molecule has 1 rings (SSSR count). The van der Waals surface area contributed by atoms with Gasteiger partial charge < -0.3 is 11.5 Å². The van der Waals surface area contributed by atoms with E-state index in [1.165, 1.54) is 0 Å². The Labute approximate surface area is 78.9 Å². The fourth-order valence-corrected chi connectivity index (χ4v) is 1.00. The van der Waals surface area contributed by atoms with Crippen molar-refractivity contribution in [3.63, 3.8) is 0 Å². The summed E-state index contributed by atoms with van der Waals surface area (Å²) in [4.78, 5) is 0. The van der Waals surface area contributed by atoms with Gasteiger partial charge in [0.2, 0.25) is 0 Å². The quantitative estimate of drug-likeness (QED) is 0.497. The minimum absolute atomic E-state index is 0.606. The Morgan fingerprint density at radius 2 is 2.15 bits per heavy atom. The largest absolute Gasteiger partial charge is 0.399 e. The normalized spacial score (nSPS) is 9.08. The zero-order valence-electron chi connectivity index (χ0n) is 7.80. The molecule has 0 radical (unpaired) electrons. The summed E-state index contributed by atoms with van der Waals surface area (Å²) in [6.45, 7) is 2.63. The van der Waals surface area contributed by atoms with Crippen LogP contribution in [-0.4, -0.2) is 6.54 Å². The molecule has 0 heterocycles. The molecule has 1 aromatic carbocycles. The second-order valence-corrected chi connectivity index (χ2v) is 2.91. The smallest absolute Gasteiger partial charge is 0.0326 e. The van der Waals surface area contributed by atoms with Gasteiger partial charge in [0.1, 0.15) is 0 Å². The molecule has 0 atom stereocenters. The van der Waals surface area contributed by atoms with Crippen LogP contribution >= 0.6 is 0 Å². The average molecular weight is 174 g/mol. The monoisotopic (exact) mass is 174 g/mol. The van der Waals surface area contributed by atoms with E-state index >= 15 is 0 Å². The van der Waals surface area contributed by atoms with Gasteiger partial charge in [0.05, 0.1) is 0 Å². The summed E-state index contributed by atoms with van der Waals surface area (Å²) in [6.07, 6.45) is 0.730. The first kappa shape index (κ1) is 9.63. The molecule has 0 spiro atoms. The van der Waals surface area contributed by atoms with Crippen molar-refractivity contribution in [3.05, 3.63) is 29.3 Å². The van der Waals surface area contributed by atoms with E-state index in [1.54, 1.807) is 0 Å². The Morgan fingerprint density at radius 3 is 2.85 bits per heavy atom. The summed E-state index contributed by atoms with van der Waals surface area (Å²) in [7, 11) is 0. The van der Waals surface area contributed by atoms with Gasteiger partial charge in [-0.15, -0.1) is 0 Å². The van der Waals surface area contributed by atoms with Crippen molar-refractivity contribution < 1.29 is 0 Å². The molecular formula is C11H14N2. The summed E-state index contributed by atoms with van der Waals surface area (Å²) >= 11 is 0. The summed E-state index contributed by atoms with van der Waals surface area (Å²) in [5.41, 5.74) is 13.9. The van der Waals surface area contributed by atoms with E-state index in [4.69, 9.17) is 11.5 Å². The Hall–Kier alpha value is -1.46. The van der Waals surface area contributed by atoms with E-state index in [-0.39, 0.29) is 0 Å². The highest BCUT2D eigenvalue weighted by Crippen LogP contribution is 2.10. The van der Waals surface area contributed by atoms with Crippen molar-refractivity contribution >= 4 is 5.69 Å². The number of hydrogen-bond acceptors (Lipinski definition) is 2. The maximum absolute atomic E-state index is 5.64. The molecule has 0 aliphatic rings. The van der Waals surface area contributed by atoms with Crippen LogP contribution < -0.4 is 11.5 Å². The third-order valence-electron chi connectivity index (χ3n) is 1.75. The lowest BCUT2D eigenvalue weighted by Crippen LogP contribution is -1.95. The zero-order chi connectivity index (χ0) is 9.68. The maximum atomic E-state index is 5.64. The van der Waals surface area contributed by atoms with Crippen LogP contribution in [0.3, 0.4) is 0 Å². The molecule has 13 heavy (non-hydrogen) atoms. The summed E-state index contributed by atoms with van der Waals surface area (Å²) in [6, 6.07) is 5.74. The van der Waals surface area contributed by atoms with E-state index in [1.807, 2.05) is 25.1 Å². The number of rotatable bonds is 1. The molecule has 0 amide bonds. The van der Waals surface area contributed by atoms with Crippen LogP contribution in [0, 0.1) is 18.8 Å². The second-order valence-electron chi connectivity index (χ2n) is 2.91. The molecule has 0 aliphatic carbocycles. The molecule has 0 saturated heterocycles. The highest BCUT2D eigenvalue weighted by atomic mass is 14.5. The van der Waals surface area contributed by atoms with Crippen molar-refractivity contribution in [3.8, 4) is 11.8 Å².